The molecule has 0 aliphatic carbocycles. The Morgan fingerprint density at radius 2 is 1.70 bits per heavy atom. The van der Waals surface area contributed by atoms with Crippen LogP contribution in [-0.4, -0.2) is 49.0 Å². The molecule has 1 saturated heterocycles. The van der Waals surface area contributed by atoms with Gasteiger partial charge in [-0.3, -0.25) is 4.79 Å². The second-order valence-corrected chi connectivity index (χ2v) is 9.18. The average molecular weight is 483 g/mol. The van der Waals surface area contributed by atoms with Crippen molar-refractivity contribution in [3.63, 3.8) is 0 Å². The van der Waals surface area contributed by atoms with Gasteiger partial charge in [-0.15, -0.1) is 0 Å². The van der Waals surface area contributed by atoms with Gasteiger partial charge in [0.05, 0.1) is 5.56 Å². The Labute approximate surface area is 189 Å². The van der Waals surface area contributed by atoms with Crippen LogP contribution in [0.15, 0.2) is 81.3 Å². The highest BCUT2D eigenvalue weighted by Gasteiger charge is 2.16. The summed E-state index contributed by atoms with van der Waals surface area (Å²) < 4.78 is 1.02. The molecule has 5 nitrogen and oxygen atoms in total. The van der Waals surface area contributed by atoms with Gasteiger partial charge in [-0.05, 0) is 67.7 Å². The predicted molar refractivity (Wildman–Crippen MR) is 127 cm³/mol. The molecule has 0 saturated carbocycles. The Hall–Kier alpha value is -2.35. The summed E-state index contributed by atoms with van der Waals surface area (Å²) in [4.78, 5) is 23.1. The van der Waals surface area contributed by atoms with Gasteiger partial charge in [0.25, 0.3) is 5.91 Å². The lowest BCUT2D eigenvalue weighted by molar-refractivity contribution is 0.102. The van der Waals surface area contributed by atoms with E-state index in [4.69, 9.17) is 0 Å². The highest BCUT2D eigenvalue weighted by molar-refractivity contribution is 9.10. The van der Waals surface area contributed by atoms with Crippen LogP contribution in [0.3, 0.4) is 0 Å². The van der Waals surface area contributed by atoms with Crippen molar-refractivity contribution in [3.05, 3.63) is 76.9 Å². The first-order valence-corrected chi connectivity index (χ1v) is 11.4. The highest BCUT2D eigenvalue weighted by Crippen LogP contribution is 2.30. The van der Waals surface area contributed by atoms with Crippen molar-refractivity contribution in [2.24, 2.45) is 0 Å². The summed E-state index contributed by atoms with van der Waals surface area (Å²) in [6.45, 7) is 4.18. The first-order valence-electron chi connectivity index (χ1n) is 9.82. The van der Waals surface area contributed by atoms with Crippen molar-refractivity contribution in [3.8, 4) is 0 Å². The summed E-state index contributed by atoms with van der Waals surface area (Å²) in [6.07, 6.45) is 1.71. The zero-order valence-corrected chi connectivity index (χ0v) is 19.1. The molecule has 3 aromatic rings. The summed E-state index contributed by atoms with van der Waals surface area (Å²) in [5.74, 6) is -0.157. The largest absolute Gasteiger partial charge is 0.369 e. The first kappa shape index (κ1) is 20.9. The number of aromatic nitrogens is 1. The number of nitrogens with one attached hydrogen (secondary N) is 1. The SMILES string of the molecule is CN1CCN(c2ccc(NC(=O)c3cccnc3Sc3ccc(Br)cc3)cc2)CC1. The third-order valence-corrected chi connectivity index (χ3v) is 6.59. The molecule has 1 aliphatic rings. The number of amides is 1. The number of nitrogens with zero attached hydrogens (tertiary/aromatic N) is 3. The van der Waals surface area contributed by atoms with Crippen LogP contribution in [0, 0.1) is 0 Å². The Bertz CT molecular complexity index is 1000. The number of hydrogen-bond acceptors (Lipinski definition) is 5. The molecule has 30 heavy (non-hydrogen) atoms. The minimum Gasteiger partial charge on any atom is -0.369 e. The van der Waals surface area contributed by atoms with Crippen LogP contribution in [0.2, 0.25) is 0 Å². The summed E-state index contributed by atoms with van der Waals surface area (Å²) in [5, 5.41) is 3.69. The van der Waals surface area contributed by atoms with Crippen LogP contribution in [0.25, 0.3) is 0 Å². The van der Waals surface area contributed by atoms with E-state index in [9.17, 15) is 4.79 Å². The van der Waals surface area contributed by atoms with Crippen molar-refractivity contribution in [1.29, 1.82) is 0 Å². The number of rotatable bonds is 5. The Morgan fingerprint density at radius 3 is 2.40 bits per heavy atom. The molecule has 0 spiro atoms. The van der Waals surface area contributed by atoms with Crippen molar-refractivity contribution in [1.82, 2.24) is 9.88 Å². The molecule has 0 unspecified atom stereocenters. The number of halogens is 1. The van der Waals surface area contributed by atoms with Gasteiger partial charge in [-0.2, -0.15) is 0 Å². The Morgan fingerprint density at radius 1 is 1.00 bits per heavy atom. The second kappa shape index (κ2) is 9.64. The van der Waals surface area contributed by atoms with Crippen LogP contribution in [0.1, 0.15) is 10.4 Å². The molecule has 1 N–H and O–H groups in total. The maximum absolute atomic E-state index is 12.9. The van der Waals surface area contributed by atoms with E-state index >= 15 is 0 Å². The van der Waals surface area contributed by atoms with Gasteiger partial charge < -0.3 is 15.1 Å². The fourth-order valence-corrected chi connectivity index (χ4v) is 4.42. The quantitative estimate of drug-likeness (QED) is 0.554. The molecule has 154 valence electrons. The standard InChI is InChI=1S/C23H23BrN4OS/c1-27-13-15-28(16-14-27)19-8-6-18(7-9-19)26-22(29)21-3-2-12-25-23(21)30-20-10-4-17(24)5-11-20/h2-12H,13-16H2,1H3,(H,26,29). The topological polar surface area (TPSA) is 48.5 Å². The lowest BCUT2D eigenvalue weighted by atomic mass is 10.2. The Kier molecular flexibility index (Phi) is 6.72. The van der Waals surface area contributed by atoms with Crippen molar-refractivity contribution in [2.75, 3.05) is 43.4 Å². The molecule has 4 rings (SSSR count). The van der Waals surface area contributed by atoms with E-state index in [2.05, 4.69) is 55.2 Å². The third-order valence-electron chi connectivity index (χ3n) is 5.04. The predicted octanol–water partition coefficient (Wildman–Crippen LogP) is 5.00. The number of carbonyl (C=O) groups excluding carboxylic acids is 1. The Balaban J connectivity index is 1.44. The maximum atomic E-state index is 12.9. The molecule has 0 radical (unpaired) electrons. The molecule has 1 aromatic heterocycles. The van der Waals surface area contributed by atoms with Gasteiger partial charge in [0.1, 0.15) is 5.03 Å². The van der Waals surface area contributed by atoms with Gasteiger partial charge in [-0.25, -0.2) is 4.98 Å². The van der Waals surface area contributed by atoms with Crippen LogP contribution < -0.4 is 10.2 Å². The van der Waals surface area contributed by atoms with Gasteiger partial charge in [0, 0.05) is 53.1 Å². The van der Waals surface area contributed by atoms with Gasteiger partial charge in [0.15, 0.2) is 0 Å². The molecule has 0 atom stereocenters. The molecule has 2 heterocycles. The lowest BCUT2D eigenvalue weighted by Gasteiger charge is -2.34. The first-order chi connectivity index (χ1) is 14.6. The van der Waals surface area contributed by atoms with Gasteiger partial charge >= 0.3 is 0 Å². The monoisotopic (exact) mass is 482 g/mol. The van der Waals surface area contributed by atoms with E-state index in [0.29, 0.717) is 10.6 Å². The number of likely N-dealkylation sites (N-methyl/N-ethyl adjacent to an activating group) is 1. The van der Waals surface area contributed by atoms with Crippen LogP contribution in [0.5, 0.6) is 0 Å². The normalized spacial score (nSPS) is 14.5. The van der Waals surface area contributed by atoms with E-state index in [1.807, 2.05) is 42.5 Å². The highest BCUT2D eigenvalue weighted by atomic mass is 79.9. The molecule has 1 aliphatic heterocycles. The summed E-state index contributed by atoms with van der Waals surface area (Å²) in [7, 11) is 2.15. The number of piperazine rings is 1. The minimum absolute atomic E-state index is 0.157. The van der Waals surface area contributed by atoms with E-state index < -0.39 is 0 Å². The summed E-state index contributed by atoms with van der Waals surface area (Å²) >= 11 is 4.92. The zero-order chi connectivity index (χ0) is 20.9. The van der Waals surface area contributed by atoms with Crippen LogP contribution in [0.4, 0.5) is 11.4 Å². The molecule has 2 aromatic carbocycles. The summed E-state index contributed by atoms with van der Waals surface area (Å²) in [6, 6.07) is 19.6. The van der Waals surface area contributed by atoms with Crippen molar-refractivity contribution < 1.29 is 4.79 Å². The molecule has 0 bridgehead atoms. The van der Waals surface area contributed by atoms with Crippen molar-refractivity contribution >= 4 is 45.0 Å². The molecular formula is C23H23BrN4OS. The molecular weight excluding hydrogens is 460 g/mol. The number of benzene rings is 2. The number of pyridine rings is 1. The molecule has 1 amide bonds. The third kappa shape index (κ3) is 5.22. The number of hydrogen-bond donors (Lipinski definition) is 1. The number of anilines is 2. The minimum atomic E-state index is -0.157. The molecule has 1 fully saturated rings. The van der Waals surface area contributed by atoms with Crippen LogP contribution >= 0.6 is 27.7 Å². The van der Waals surface area contributed by atoms with Gasteiger partial charge in [0.2, 0.25) is 0 Å². The van der Waals surface area contributed by atoms with E-state index in [1.165, 1.54) is 17.4 Å². The fraction of sp³-hybridized carbons (Fsp3) is 0.217. The van der Waals surface area contributed by atoms with E-state index in [1.54, 1.807) is 12.3 Å². The number of carbonyl (C=O) groups is 1. The van der Waals surface area contributed by atoms with Crippen molar-refractivity contribution in [2.45, 2.75) is 9.92 Å². The maximum Gasteiger partial charge on any atom is 0.258 e. The van der Waals surface area contributed by atoms with E-state index in [-0.39, 0.29) is 5.91 Å². The summed E-state index contributed by atoms with van der Waals surface area (Å²) in [5.41, 5.74) is 2.53. The second-order valence-electron chi connectivity index (χ2n) is 7.20. The zero-order valence-electron chi connectivity index (χ0n) is 16.7. The smallest absolute Gasteiger partial charge is 0.258 e. The molecule has 7 heteroatoms. The lowest BCUT2D eigenvalue weighted by Crippen LogP contribution is -2.44. The van der Waals surface area contributed by atoms with Gasteiger partial charge in [-0.1, -0.05) is 27.7 Å². The fourth-order valence-electron chi connectivity index (χ4n) is 3.28. The average Bonchev–Trinajstić information content (AvgIpc) is 2.77. The van der Waals surface area contributed by atoms with Crippen LogP contribution in [-0.2, 0) is 0 Å². The van der Waals surface area contributed by atoms with E-state index in [0.717, 1.165) is 41.2 Å².